The van der Waals surface area contributed by atoms with Crippen LogP contribution in [0.4, 0.5) is 0 Å². The van der Waals surface area contributed by atoms with Crippen molar-refractivity contribution >= 4 is 5.97 Å². The van der Waals surface area contributed by atoms with E-state index in [2.05, 4.69) is 10.2 Å². The van der Waals surface area contributed by atoms with Crippen molar-refractivity contribution in [2.24, 2.45) is 5.92 Å². The molecule has 1 aliphatic carbocycles. The van der Waals surface area contributed by atoms with Gasteiger partial charge >= 0.3 is 5.97 Å². The summed E-state index contributed by atoms with van der Waals surface area (Å²) in [5.74, 6) is 0.466. The maximum Gasteiger partial charge on any atom is 0.327 e. The molecule has 0 aromatic heterocycles. The van der Waals surface area contributed by atoms with Gasteiger partial charge in [-0.25, -0.2) is 4.79 Å². The van der Waals surface area contributed by atoms with E-state index in [-0.39, 0.29) is 5.97 Å². The molecule has 3 heterocycles. The number of carbonyl (C=O) groups excluding carboxylic acids is 1. The monoisotopic (exact) mass is 266 g/mol. The van der Waals surface area contributed by atoms with Crippen LogP contribution in [0, 0.1) is 5.92 Å². The van der Waals surface area contributed by atoms with E-state index in [1.807, 2.05) is 6.92 Å². The zero-order valence-electron chi connectivity index (χ0n) is 12.0. The van der Waals surface area contributed by atoms with E-state index in [4.69, 9.17) is 4.74 Å². The third-order valence-corrected chi connectivity index (χ3v) is 5.21. The van der Waals surface area contributed by atoms with Crippen molar-refractivity contribution < 1.29 is 9.53 Å². The summed E-state index contributed by atoms with van der Waals surface area (Å²) >= 11 is 0. The molecule has 4 rings (SSSR count). The lowest BCUT2D eigenvalue weighted by Crippen LogP contribution is -2.71. The van der Waals surface area contributed by atoms with Gasteiger partial charge in [-0.1, -0.05) is 12.8 Å². The highest BCUT2D eigenvalue weighted by Crippen LogP contribution is 2.38. The number of hydrogen-bond acceptors (Lipinski definition) is 4. The van der Waals surface area contributed by atoms with Gasteiger partial charge in [-0.2, -0.15) is 0 Å². The number of hydrogen-bond donors (Lipinski definition) is 1. The van der Waals surface area contributed by atoms with E-state index < -0.39 is 5.54 Å². The molecule has 1 unspecified atom stereocenters. The number of nitrogens with zero attached hydrogens (tertiary/aromatic N) is 1. The number of ether oxygens (including phenoxy) is 1. The number of nitrogens with one attached hydrogen (secondary N) is 1. The molecular weight excluding hydrogens is 240 g/mol. The maximum atomic E-state index is 12.6. The quantitative estimate of drug-likeness (QED) is 0.784. The average Bonchev–Trinajstić information content (AvgIpc) is 2.93. The predicted molar refractivity (Wildman–Crippen MR) is 73.9 cm³/mol. The highest BCUT2D eigenvalue weighted by Gasteiger charge is 2.53. The van der Waals surface area contributed by atoms with Gasteiger partial charge in [0.25, 0.3) is 0 Å². The third kappa shape index (κ3) is 2.40. The van der Waals surface area contributed by atoms with Crippen LogP contribution in [0.3, 0.4) is 0 Å². The van der Waals surface area contributed by atoms with Crippen LogP contribution in [0.5, 0.6) is 0 Å². The van der Waals surface area contributed by atoms with E-state index >= 15 is 0 Å². The van der Waals surface area contributed by atoms with Crippen LogP contribution < -0.4 is 5.32 Å². The van der Waals surface area contributed by atoms with E-state index in [0.29, 0.717) is 18.6 Å². The summed E-state index contributed by atoms with van der Waals surface area (Å²) in [6.07, 6.45) is 7.30. The Kier molecular flexibility index (Phi) is 3.81. The molecule has 1 atom stereocenters. The average molecular weight is 266 g/mol. The number of fused-ring (bicyclic) bond motifs is 3. The van der Waals surface area contributed by atoms with Crippen molar-refractivity contribution in [1.29, 1.82) is 0 Å². The van der Waals surface area contributed by atoms with Gasteiger partial charge in [-0.3, -0.25) is 5.32 Å². The second-order valence-corrected chi connectivity index (χ2v) is 6.37. The summed E-state index contributed by atoms with van der Waals surface area (Å²) in [6.45, 7) is 5.55. The zero-order chi connectivity index (χ0) is 13.3. The van der Waals surface area contributed by atoms with E-state index in [9.17, 15) is 4.79 Å². The summed E-state index contributed by atoms with van der Waals surface area (Å²) in [7, 11) is 0. The first-order chi connectivity index (χ1) is 9.24. The highest BCUT2D eigenvalue weighted by atomic mass is 16.5. The summed E-state index contributed by atoms with van der Waals surface area (Å²) in [6, 6.07) is 0.518. The predicted octanol–water partition coefficient (Wildman–Crippen LogP) is 1.55. The second-order valence-electron chi connectivity index (χ2n) is 6.37. The second kappa shape index (κ2) is 5.41. The SMILES string of the molecule is CCOC(=O)C1(NC2CCCC2)CN2CCC1CC2. The first kappa shape index (κ1) is 13.4. The molecule has 0 aromatic rings. The van der Waals surface area contributed by atoms with Gasteiger partial charge in [-0.05, 0) is 51.6 Å². The van der Waals surface area contributed by atoms with E-state index in [1.165, 1.54) is 25.7 Å². The van der Waals surface area contributed by atoms with Crippen molar-refractivity contribution in [1.82, 2.24) is 10.2 Å². The molecule has 4 heteroatoms. The first-order valence-electron chi connectivity index (χ1n) is 7.92. The summed E-state index contributed by atoms with van der Waals surface area (Å²) < 4.78 is 5.42. The standard InChI is InChI=1S/C15H26N2O2/c1-2-19-14(18)15(16-13-5-3-4-6-13)11-17-9-7-12(15)8-10-17/h12-13,16H,2-11H2,1H3. The van der Waals surface area contributed by atoms with Crippen molar-refractivity contribution in [3.05, 3.63) is 0 Å². The fraction of sp³-hybridized carbons (Fsp3) is 0.933. The van der Waals surface area contributed by atoms with Gasteiger partial charge in [0.2, 0.25) is 0 Å². The molecule has 4 aliphatic rings. The Morgan fingerprint density at radius 1 is 1.26 bits per heavy atom. The van der Waals surface area contributed by atoms with Crippen molar-refractivity contribution in [2.45, 2.75) is 57.0 Å². The Morgan fingerprint density at radius 2 is 1.95 bits per heavy atom. The smallest absolute Gasteiger partial charge is 0.327 e. The van der Waals surface area contributed by atoms with Gasteiger partial charge in [-0.15, -0.1) is 0 Å². The van der Waals surface area contributed by atoms with Gasteiger partial charge in [0.15, 0.2) is 0 Å². The minimum absolute atomic E-state index is 0.00343. The molecule has 1 saturated carbocycles. The normalized spacial score (nSPS) is 38.6. The molecule has 19 heavy (non-hydrogen) atoms. The Balaban J connectivity index is 1.80. The summed E-state index contributed by atoms with van der Waals surface area (Å²) in [5, 5.41) is 3.73. The Labute approximate surface area is 115 Å². The maximum absolute atomic E-state index is 12.6. The number of carbonyl (C=O) groups is 1. The topological polar surface area (TPSA) is 41.6 Å². The molecule has 3 aliphatic heterocycles. The molecule has 0 amide bonds. The molecule has 2 bridgehead atoms. The number of esters is 1. The Bertz CT molecular complexity index is 333. The van der Waals surface area contributed by atoms with Crippen LogP contribution in [0.15, 0.2) is 0 Å². The minimum atomic E-state index is -0.415. The molecule has 0 aromatic carbocycles. The van der Waals surface area contributed by atoms with Gasteiger partial charge < -0.3 is 9.64 Å². The van der Waals surface area contributed by atoms with Crippen LogP contribution >= 0.6 is 0 Å². The molecule has 4 fully saturated rings. The fourth-order valence-electron chi connectivity index (χ4n) is 4.21. The van der Waals surface area contributed by atoms with Crippen LogP contribution in [0.1, 0.15) is 45.4 Å². The molecule has 0 spiro atoms. The van der Waals surface area contributed by atoms with Crippen LogP contribution in [0.25, 0.3) is 0 Å². The third-order valence-electron chi connectivity index (χ3n) is 5.21. The van der Waals surface area contributed by atoms with Crippen LogP contribution in [-0.4, -0.2) is 48.7 Å². The first-order valence-corrected chi connectivity index (χ1v) is 7.92. The van der Waals surface area contributed by atoms with Crippen molar-refractivity contribution in [3.63, 3.8) is 0 Å². The Hall–Kier alpha value is -0.610. The number of rotatable bonds is 4. The minimum Gasteiger partial charge on any atom is -0.465 e. The van der Waals surface area contributed by atoms with Crippen molar-refractivity contribution in [2.75, 3.05) is 26.2 Å². The number of piperidine rings is 3. The molecule has 4 nitrogen and oxygen atoms in total. The highest BCUT2D eigenvalue weighted by molar-refractivity contribution is 5.82. The fourth-order valence-corrected chi connectivity index (χ4v) is 4.21. The molecular formula is C15H26N2O2. The van der Waals surface area contributed by atoms with Gasteiger partial charge in [0, 0.05) is 12.6 Å². The summed E-state index contributed by atoms with van der Waals surface area (Å²) in [5.41, 5.74) is -0.415. The van der Waals surface area contributed by atoms with Gasteiger partial charge in [0.1, 0.15) is 5.54 Å². The van der Waals surface area contributed by atoms with Crippen LogP contribution in [0.2, 0.25) is 0 Å². The lowest BCUT2D eigenvalue weighted by molar-refractivity contribution is -0.161. The largest absolute Gasteiger partial charge is 0.465 e. The molecule has 1 N–H and O–H groups in total. The summed E-state index contributed by atoms with van der Waals surface area (Å²) in [4.78, 5) is 15.0. The van der Waals surface area contributed by atoms with E-state index in [1.54, 1.807) is 0 Å². The molecule has 0 radical (unpaired) electrons. The lowest BCUT2D eigenvalue weighted by Gasteiger charge is -2.52. The van der Waals surface area contributed by atoms with E-state index in [0.717, 1.165) is 32.5 Å². The molecule has 3 saturated heterocycles. The van der Waals surface area contributed by atoms with Crippen LogP contribution in [-0.2, 0) is 9.53 Å². The van der Waals surface area contributed by atoms with Gasteiger partial charge in [0.05, 0.1) is 6.61 Å². The molecule has 108 valence electrons. The zero-order valence-corrected chi connectivity index (χ0v) is 12.0. The lowest BCUT2D eigenvalue weighted by atomic mass is 9.72. The van der Waals surface area contributed by atoms with Crippen molar-refractivity contribution in [3.8, 4) is 0 Å². The Morgan fingerprint density at radius 3 is 2.47 bits per heavy atom.